The molecule has 0 aliphatic rings. The van der Waals surface area contributed by atoms with Crippen LogP contribution in [0.5, 0.6) is 0 Å². The smallest absolute Gasteiger partial charge is 0.550 e. The van der Waals surface area contributed by atoms with Crippen molar-refractivity contribution in [2.24, 2.45) is 10.8 Å². The molecule has 4 nitrogen and oxygen atoms in total. The summed E-state index contributed by atoms with van der Waals surface area (Å²) in [5.74, 6) is -2.21. The van der Waals surface area contributed by atoms with Gasteiger partial charge in [-0.15, -0.1) is 0 Å². The van der Waals surface area contributed by atoms with Gasteiger partial charge in [-0.25, -0.2) is 0 Å². The monoisotopic (exact) mass is 428 g/mol. The van der Waals surface area contributed by atoms with Crippen molar-refractivity contribution in [3.63, 3.8) is 0 Å². The second kappa shape index (κ2) is 8.51. The number of carboxylic acids is 2. The summed E-state index contributed by atoms with van der Waals surface area (Å²) in [6, 6.07) is 0. The van der Waals surface area contributed by atoms with Crippen LogP contribution in [0.15, 0.2) is 0 Å². The van der Waals surface area contributed by atoms with Gasteiger partial charge in [0.2, 0.25) is 0 Å². The normalized spacial score (nSPS) is 11.1. The molecule has 0 unspecified atom stereocenters. The molecule has 0 spiro atoms. The van der Waals surface area contributed by atoms with Gasteiger partial charge in [0.05, 0.1) is 0 Å². The fourth-order valence-electron chi connectivity index (χ4n) is 1.26. The Bertz CT molecular complexity index is 262. The Balaban J connectivity index is -0.000000980. The van der Waals surface area contributed by atoms with Gasteiger partial charge >= 0.3 is 44.8 Å². The van der Waals surface area contributed by atoms with Crippen molar-refractivity contribution in [1.82, 2.24) is 0 Å². The summed E-state index contributed by atoms with van der Waals surface area (Å²) in [6.07, 6.45) is 0.903. The van der Waals surface area contributed by atoms with Gasteiger partial charge in [0, 0.05) is 17.4 Å². The van der Waals surface area contributed by atoms with Crippen molar-refractivity contribution >= 4 is 11.9 Å². The van der Waals surface area contributed by atoms with E-state index >= 15 is 0 Å². The zero-order chi connectivity index (χ0) is 12.3. The van der Waals surface area contributed by atoms with Crippen LogP contribution in [0.25, 0.3) is 0 Å². The number of carbonyl (C=O) groups excluding carboxylic acids is 2. The van der Waals surface area contributed by atoms with E-state index in [1.165, 1.54) is 0 Å². The van der Waals surface area contributed by atoms with Gasteiger partial charge in [-0.1, -0.05) is 27.7 Å². The molecule has 0 aromatic carbocycles. The van der Waals surface area contributed by atoms with Crippen LogP contribution >= 0.6 is 0 Å². The number of carboxylic acid groups (broad SMARTS) is 2. The standard InChI is InChI=1S/C11H20O4.2Ag/c1-10(2,7-5-6-8(12)13)11(3,4)9(14)15;;/h5-7H2,1-4H3,(H,12,13)(H,14,15);;/q;2*+1/p-2. The van der Waals surface area contributed by atoms with Crippen molar-refractivity contribution in [2.75, 3.05) is 0 Å². The maximum absolute atomic E-state index is 10.9. The molecule has 17 heavy (non-hydrogen) atoms. The van der Waals surface area contributed by atoms with Gasteiger partial charge < -0.3 is 19.8 Å². The molecule has 0 heterocycles. The van der Waals surface area contributed by atoms with E-state index in [1.54, 1.807) is 27.7 Å². The molecule has 0 saturated heterocycles. The van der Waals surface area contributed by atoms with Gasteiger partial charge in [-0.05, 0) is 24.7 Å². The Morgan fingerprint density at radius 1 is 1.00 bits per heavy atom. The average molecular weight is 430 g/mol. The summed E-state index contributed by atoms with van der Waals surface area (Å²) in [5, 5.41) is 21.2. The zero-order valence-electron chi connectivity index (χ0n) is 10.4. The Morgan fingerprint density at radius 2 is 1.41 bits per heavy atom. The molecule has 0 aromatic rings. The number of carbonyl (C=O) groups is 2. The van der Waals surface area contributed by atoms with Crippen molar-refractivity contribution in [3.05, 3.63) is 0 Å². The second-order valence-corrected chi connectivity index (χ2v) is 5.02. The van der Waals surface area contributed by atoms with Crippen LogP contribution in [0.3, 0.4) is 0 Å². The molecule has 0 bridgehead atoms. The molecule has 0 aliphatic carbocycles. The molecule has 108 valence electrons. The summed E-state index contributed by atoms with van der Waals surface area (Å²) in [7, 11) is 0. The zero-order valence-corrected chi connectivity index (χ0v) is 13.3. The van der Waals surface area contributed by atoms with Crippen LogP contribution in [0, 0.1) is 10.8 Å². The van der Waals surface area contributed by atoms with Crippen LogP contribution in [0.2, 0.25) is 0 Å². The third-order valence-electron chi connectivity index (χ3n) is 3.38. The Morgan fingerprint density at radius 3 is 1.71 bits per heavy atom. The fourth-order valence-corrected chi connectivity index (χ4v) is 1.26. The predicted molar refractivity (Wildman–Crippen MR) is 51.4 cm³/mol. The first-order valence-electron chi connectivity index (χ1n) is 5.02. The van der Waals surface area contributed by atoms with E-state index in [0.29, 0.717) is 12.8 Å². The first-order valence-corrected chi connectivity index (χ1v) is 5.02. The summed E-state index contributed by atoms with van der Waals surface area (Å²) in [4.78, 5) is 21.2. The number of hydrogen-bond acceptors (Lipinski definition) is 4. The maximum Gasteiger partial charge on any atom is 1.00 e. The van der Waals surface area contributed by atoms with Crippen LogP contribution < -0.4 is 10.2 Å². The molecule has 0 aromatic heterocycles. The number of aliphatic carboxylic acids is 2. The van der Waals surface area contributed by atoms with E-state index in [0.717, 1.165) is 0 Å². The molecular weight excluding hydrogens is 412 g/mol. The Labute approximate surface area is 134 Å². The molecule has 0 amide bonds. The molecule has 0 fully saturated rings. The maximum atomic E-state index is 10.9. The van der Waals surface area contributed by atoms with Gasteiger partial charge in [-0.3, -0.25) is 0 Å². The minimum atomic E-state index is -1.11. The molecular formula is C11H18Ag2O4. The van der Waals surface area contributed by atoms with Gasteiger partial charge in [-0.2, -0.15) is 0 Å². The van der Waals surface area contributed by atoms with E-state index in [-0.39, 0.29) is 51.2 Å². The van der Waals surface area contributed by atoms with Crippen molar-refractivity contribution in [1.29, 1.82) is 0 Å². The number of rotatable bonds is 6. The van der Waals surface area contributed by atoms with Gasteiger partial charge in [0.15, 0.2) is 0 Å². The van der Waals surface area contributed by atoms with Crippen molar-refractivity contribution in [3.8, 4) is 0 Å². The third kappa shape index (κ3) is 6.79. The average Bonchev–Trinajstić information content (AvgIpc) is 2.02. The Hall–Kier alpha value is 0.421. The van der Waals surface area contributed by atoms with Crippen LogP contribution in [-0.2, 0) is 54.3 Å². The quantitative estimate of drug-likeness (QED) is 0.543. The van der Waals surface area contributed by atoms with Gasteiger partial charge in [0.1, 0.15) is 0 Å². The van der Waals surface area contributed by atoms with Crippen molar-refractivity contribution in [2.45, 2.75) is 47.0 Å². The van der Waals surface area contributed by atoms with E-state index in [2.05, 4.69) is 0 Å². The minimum absolute atomic E-state index is 0. The van der Waals surface area contributed by atoms with E-state index in [1.807, 2.05) is 0 Å². The molecule has 0 rings (SSSR count). The molecule has 0 radical (unpaired) electrons. The number of hydrogen-bond donors (Lipinski definition) is 0. The summed E-state index contributed by atoms with van der Waals surface area (Å²) >= 11 is 0. The predicted octanol–water partition coefficient (Wildman–Crippen LogP) is -0.296. The van der Waals surface area contributed by atoms with Gasteiger partial charge in [0.25, 0.3) is 0 Å². The summed E-state index contributed by atoms with van der Waals surface area (Å²) in [6.45, 7) is 6.80. The minimum Gasteiger partial charge on any atom is -0.550 e. The fraction of sp³-hybridized carbons (Fsp3) is 0.818. The van der Waals surface area contributed by atoms with Crippen LogP contribution in [0.4, 0.5) is 0 Å². The van der Waals surface area contributed by atoms with E-state index in [9.17, 15) is 19.8 Å². The first kappa shape index (κ1) is 22.6. The Kier molecular flexibility index (Phi) is 11.3. The third-order valence-corrected chi connectivity index (χ3v) is 3.38. The second-order valence-electron chi connectivity index (χ2n) is 5.02. The molecule has 6 heteroatoms. The summed E-state index contributed by atoms with van der Waals surface area (Å²) in [5.41, 5.74) is -1.47. The summed E-state index contributed by atoms with van der Waals surface area (Å²) < 4.78 is 0. The molecule has 0 atom stereocenters. The molecule has 0 saturated carbocycles. The van der Waals surface area contributed by atoms with E-state index in [4.69, 9.17) is 0 Å². The molecule has 0 aliphatic heterocycles. The largest absolute Gasteiger partial charge is 1.00 e. The topological polar surface area (TPSA) is 80.3 Å². The first-order chi connectivity index (χ1) is 6.61. The van der Waals surface area contributed by atoms with Crippen LogP contribution in [-0.4, -0.2) is 11.9 Å². The van der Waals surface area contributed by atoms with E-state index < -0.39 is 22.8 Å². The van der Waals surface area contributed by atoms with Crippen molar-refractivity contribution < 1.29 is 64.6 Å². The van der Waals surface area contributed by atoms with Crippen LogP contribution in [0.1, 0.15) is 47.0 Å². The SMILES string of the molecule is CC(C)(CCCC(=O)[O-])C(C)(C)C(=O)[O-].[Ag+].[Ag+]. The molecule has 0 N–H and O–H groups in total.